The minimum absolute atomic E-state index is 0.211. The van der Waals surface area contributed by atoms with Gasteiger partial charge in [0.05, 0.1) is 5.92 Å². The van der Waals surface area contributed by atoms with Crippen LogP contribution in [0, 0.1) is 5.92 Å². The van der Waals surface area contributed by atoms with Gasteiger partial charge in [-0.3, -0.25) is 4.79 Å². The van der Waals surface area contributed by atoms with Gasteiger partial charge in [0.15, 0.2) is 0 Å². The summed E-state index contributed by atoms with van der Waals surface area (Å²) in [5.41, 5.74) is 0. The third-order valence-electron chi connectivity index (χ3n) is 3.86. The molecule has 144 valence electrons. The third kappa shape index (κ3) is 8.26. The molecule has 2 unspecified atom stereocenters. The predicted molar refractivity (Wildman–Crippen MR) is 79.7 cm³/mol. The van der Waals surface area contributed by atoms with Crippen molar-refractivity contribution < 1.29 is 36.6 Å². The van der Waals surface area contributed by atoms with Crippen LogP contribution in [0.2, 0.25) is 0 Å². The molecule has 0 radical (unpaired) electrons. The van der Waals surface area contributed by atoms with Crippen molar-refractivity contribution in [3.8, 4) is 0 Å². The summed E-state index contributed by atoms with van der Waals surface area (Å²) in [6.45, 7) is 1.62. The highest BCUT2D eigenvalue weighted by atomic mass is 19.4. The molecule has 0 aliphatic rings. The van der Waals surface area contributed by atoms with E-state index in [1.54, 1.807) is 6.92 Å². The standard InChI is InChI=1S/C16H27F5O3/c1-3-5-6-7-8-9-10-12(4-2)13(23)24-14(16(19,20)21)15(17,18)11-22/h12,14,22H,3-11H2,1-2H3. The van der Waals surface area contributed by atoms with Gasteiger partial charge in [0.2, 0.25) is 0 Å². The molecule has 0 aliphatic carbocycles. The Labute approximate surface area is 139 Å². The molecule has 8 heteroatoms. The van der Waals surface area contributed by atoms with E-state index in [0.29, 0.717) is 12.8 Å². The van der Waals surface area contributed by atoms with Crippen molar-refractivity contribution in [2.75, 3.05) is 6.61 Å². The molecule has 0 spiro atoms. The van der Waals surface area contributed by atoms with Crippen LogP contribution in [0.1, 0.15) is 65.2 Å². The Bertz CT molecular complexity index is 358. The minimum Gasteiger partial charge on any atom is -0.446 e. The summed E-state index contributed by atoms with van der Waals surface area (Å²) in [4.78, 5) is 11.8. The Hall–Kier alpha value is -0.920. The molecule has 0 heterocycles. The normalized spacial score (nSPS) is 15.2. The molecule has 0 aromatic rings. The van der Waals surface area contributed by atoms with Crippen molar-refractivity contribution in [1.82, 2.24) is 0 Å². The number of ether oxygens (including phenoxy) is 1. The second-order valence-electron chi connectivity index (χ2n) is 5.94. The third-order valence-corrected chi connectivity index (χ3v) is 3.86. The highest BCUT2D eigenvalue weighted by Gasteiger charge is 2.58. The fourth-order valence-electron chi connectivity index (χ4n) is 2.35. The first-order valence-electron chi connectivity index (χ1n) is 8.36. The zero-order chi connectivity index (χ0) is 18.8. The number of unbranched alkanes of at least 4 members (excludes halogenated alkanes) is 5. The van der Waals surface area contributed by atoms with E-state index in [2.05, 4.69) is 11.7 Å². The molecule has 0 rings (SSSR count). The first kappa shape index (κ1) is 23.1. The van der Waals surface area contributed by atoms with E-state index in [4.69, 9.17) is 5.11 Å². The molecule has 0 saturated heterocycles. The summed E-state index contributed by atoms with van der Waals surface area (Å²) < 4.78 is 68.5. The monoisotopic (exact) mass is 362 g/mol. The van der Waals surface area contributed by atoms with Crippen LogP contribution < -0.4 is 0 Å². The van der Waals surface area contributed by atoms with E-state index in [1.807, 2.05) is 0 Å². The van der Waals surface area contributed by atoms with Gasteiger partial charge in [0.25, 0.3) is 6.10 Å². The van der Waals surface area contributed by atoms with Crippen LogP contribution in [0.15, 0.2) is 0 Å². The molecule has 0 fully saturated rings. The molecule has 0 aliphatic heterocycles. The van der Waals surface area contributed by atoms with E-state index >= 15 is 0 Å². The topological polar surface area (TPSA) is 46.5 Å². The SMILES string of the molecule is CCCCCCCCC(CC)C(=O)OC(C(F)(F)F)C(F)(F)CO. The average molecular weight is 362 g/mol. The Balaban J connectivity index is 4.60. The van der Waals surface area contributed by atoms with Crippen molar-refractivity contribution in [3.05, 3.63) is 0 Å². The Morgan fingerprint density at radius 3 is 2.00 bits per heavy atom. The van der Waals surface area contributed by atoms with Crippen LogP contribution in [-0.2, 0) is 9.53 Å². The number of carbonyl (C=O) groups is 1. The fourth-order valence-corrected chi connectivity index (χ4v) is 2.35. The lowest BCUT2D eigenvalue weighted by Crippen LogP contribution is -2.50. The smallest absolute Gasteiger partial charge is 0.431 e. The van der Waals surface area contributed by atoms with E-state index < -0.39 is 36.7 Å². The fraction of sp³-hybridized carbons (Fsp3) is 0.938. The molecule has 3 nitrogen and oxygen atoms in total. The van der Waals surface area contributed by atoms with Crippen molar-refractivity contribution in [3.63, 3.8) is 0 Å². The summed E-state index contributed by atoms with van der Waals surface area (Å²) >= 11 is 0. The van der Waals surface area contributed by atoms with E-state index in [0.717, 1.165) is 32.1 Å². The molecule has 0 aromatic carbocycles. The van der Waals surface area contributed by atoms with Gasteiger partial charge in [-0.05, 0) is 12.8 Å². The molecule has 0 saturated carbocycles. The van der Waals surface area contributed by atoms with Crippen molar-refractivity contribution in [1.29, 1.82) is 0 Å². The molecule has 24 heavy (non-hydrogen) atoms. The first-order chi connectivity index (χ1) is 11.1. The van der Waals surface area contributed by atoms with Crippen LogP contribution >= 0.6 is 0 Å². The Kier molecular flexibility index (Phi) is 10.4. The van der Waals surface area contributed by atoms with Crippen molar-refractivity contribution >= 4 is 5.97 Å². The number of carbonyl (C=O) groups excluding carboxylic acids is 1. The molecule has 0 amide bonds. The lowest BCUT2D eigenvalue weighted by Gasteiger charge is -2.28. The maximum absolute atomic E-state index is 13.2. The van der Waals surface area contributed by atoms with Gasteiger partial charge in [0.1, 0.15) is 6.61 Å². The highest BCUT2D eigenvalue weighted by Crippen LogP contribution is 2.35. The zero-order valence-corrected chi connectivity index (χ0v) is 14.2. The first-order valence-corrected chi connectivity index (χ1v) is 8.36. The number of aliphatic hydroxyl groups is 1. The minimum atomic E-state index is -5.44. The number of rotatable bonds is 12. The van der Waals surface area contributed by atoms with E-state index in [9.17, 15) is 26.7 Å². The maximum Gasteiger partial charge on any atom is 0.431 e. The quantitative estimate of drug-likeness (QED) is 0.306. The highest BCUT2D eigenvalue weighted by molar-refractivity contribution is 5.72. The van der Waals surface area contributed by atoms with Gasteiger partial charge in [-0.2, -0.15) is 22.0 Å². The lowest BCUT2D eigenvalue weighted by molar-refractivity contribution is -0.285. The number of aliphatic hydroxyl groups excluding tert-OH is 1. The number of halogens is 5. The van der Waals surface area contributed by atoms with Gasteiger partial charge in [-0.1, -0.05) is 52.4 Å². The molecular weight excluding hydrogens is 335 g/mol. The van der Waals surface area contributed by atoms with Crippen LogP contribution in [0.3, 0.4) is 0 Å². The van der Waals surface area contributed by atoms with Gasteiger partial charge in [-0.25, -0.2) is 0 Å². The molecule has 1 N–H and O–H groups in total. The van der Waals surface area contributed by atoms with E-state index in [1.165, 1.54) is 0 Å². The summed E-state index contributed by atoms with van der Waals surface area (Å²) in [6, 6.07) is 0. The molecular formula is C16H27F5O3. The van der Waals surface area contributed by atoms with Crippen molar-refractivity contribution in [2.24, 2.45) is 5.92 Å². The second-order valence-corrected chi connectivity index (χ2v) is 5.94. The van der Waals surface area contributed by atoms with Crippen LogP contribution in [0.4, 0.5) is 22.0 Å². The molecule has 0 bridgehead atoms. The number of esters is 1. The number of hydrogen-bond donors (Lipinski definition) is 1. The summed E-state index contributed by atoms with van der Waals surface area (Å²) in [5.74, 6) is -6.70. The van der Waals surface area contributed by atoms with Crippen LogP contribution in [-0.4, -0.2) is 35.9 Å². The zero-order valence-electron chi connectivity index (χ0n) is 14.2. The molecule has 2 atom stereocenters. The van der Waals surface area contributed by atoms with Gasteiger partial charge < -0.3 is 9.84 Å². The number of alkyl halides is 5. The van der Waals surface area contributed by atoms with Gasteiger partial charge >= 0.3 is 18.1 Å². The number of hydrogen-bond acceptors (Lipinski definition) is 3. The van der Waals surface area contributed by atoms with Crippen LogP contribution in [0.25, 0.3) is 0 Å². The Morgan fingerprint density at radius 2 is 1.54 bits per heavy atom. The summed E-state index contributed by atoms with van der Waals surface area (Å²) in [5, 5.41) is 8.44. The van der Waals surface area contributed by atoms with Gasteiger partial charge in [-0.15, -0.1) is 0 Å². The molecule has 0 aromatic heterocycles. The van der Waals surface area contributed by atoms with Crippen molar-refractivity contribution in [2.45, 2.75) is 83.4 Å². The Morgan fingerprint density at radius 1 is 1.00 bits per heavy atom. The average Bonchev–Trinajstić information content (AvgIpc) is 2.50. The lowest BCUT2D eigenvalue weighted by atomic mass is 9.98. The second kappa shape index (κ2) is 10.8. The largest absolute Gasteiger partial charge is 0.446 e. The van der Waals surface area contributed by atoms with Gasteiger partial charge in [0, 0.05) is 0 Å². The summed E-state index contributed by atoms with van der Waals surface area (Å²) in [6.07, 6.45) is -2.89. The van der Waals surface area contributed by atoms with Crippen LogP contribution in [0.5, 0.6) is 0 Å². The summed E-state index contributed by atoms with van der Waals surface area (Å²) in [7, 11) is 0. The predicted octanol–water partition coefficient (Wildman–Crippen LogP) is 4.86. The van der Waals surface area contributed by atoms with E-state index in [-0.39, 0.29) is 6.42 Å². The maximum atomic E-state index is 13.2.